The molecule has 3 saturated heterocycles. The third kappa shape index (κ3) is 14.1. The predicted molar refractivity (Wildman–Crippen MR) is 413 cm³/mol. The number of carboxylic acids is 2. The maximum absolute atomic E-state index is 13.9. The Bertz CT molecular complexity index is 5030. The number of hydrogen-bond donors (Lipinski definition) is 11. The number of aliphatic carboxylic acids is 2. The van der Waals surface area contributed by atoms with Crippen LogP contribution in [0.2, 0.25) is 0 Å². The molecule has 3 aromatic heterocycles. The van der Waals surface area contributed by atoms with Gasteiger partial charge in [0, 0.05) is 69.4 Å². The SMILES string of the molecule is Cc1cccc2[nH]c(C(=O)N[C@@H](CC(C)C)C(=O)N3C[C@]4(C[C@H]3C(=O)O)C(=O)Nc3ccccc34)cc12.Cc1cccc2[nH]c(C(=O)N[C@@H](CC(C)C)C(=O)N3C[C@]4(C[C@H]3C(=O)O)C(=O)Nc3ccccc34)cc12.Cc1cccc2[nH]c(C(=O)N[C@@H](CC(C)C)C(=O)N3C[C@]4(C[C@H]3C=O)C(=O)Nc3ccccc34)cc12. The number of H-pyrrole nitrogens is 3. The molecule has 0 radical (unpaired) electrons. The summed E-state index contributed by atoms with van der Waals surface area (Å²) in [5.41, 5.74) is 7.48. The third-order valence-corrected chi connectivity index (χ3v) is 22.4. The molecule has 6 aliphatic rings. The number of nitrogens with one attached hydrogen (secondary N) is 9. The van der Waals surface area contributed by atoms with Gasteiger partial charge in [0.1, 0.15) is 53.6 Å². The number of carbonyl (C=O) groups excluding carboxylic acids is 10. The molecule has 0 unspecified atom stereocenters. The van der Waals surface area contributed by atoms with Crippen molar-refractivity contribution in [3.05, 3.63) is 196 Å². The maximum Gasteiger partial charge on any atom is 0.326 e. The summed E-state index contributed by atoms with van der Waals surface area (Å²) in [7, 11) is 0. The number of carbonyl (C=O) groups is 12. The number of para-hydroxylation sites is 3. The van der Waals surface area contributed by atoms with Crippen molar-refractivity contribution >= 4 is 121 Å². The van der Waals surface area contributed by atoms with Crippen LogP contribution >= 0.6 is 0 Å². The van der Waals surface area contributed by atoms with Crippen LogP contribution in [-0.4, -0.2) is 167 Å². The molecule has 9 amide bonds. The summed E-state index contributed by atoms with van der Waals surface area (Å²) in [5, 5.41) is 40.0. The molecular weight excluding hydrogens is 1400 g/mol. The quantitative estimate of drug-likeness (QED) is 0.0356. The number of amides is 9. The van der Waals surface area contributed by atoms with Gasteiger partial charge >= 0.3 is 11.9 Å². The summed E-state index contributed by atoms with van der Waals surface area (Å²) in [6.07, 6.45) is 1.94. The van der Waals surface area contributed by atoms with Crippen molar-refractivity contribution < 1.29 is 67.7 Å². The van der Waals surface area contributed by atoms with Crippen molar-refractivity contribution in [2.45, 2.75) is 153 Å². The molecule has 26 nitrogen and oxygen atoms in total. The van der Waals surface area contributed by atoms with Gasteiger partial charge in [-0.2, -0.15) is 0 Å². The zero-order valence-corrected chi connectivity index (χ0v) is 62.6. The fourth-order valence-electron chi connectivity index (χ4n) is 16.9. The minimum Gasteiger partial charge on any atom is -0.480 e. The number of fused-ring (bicyclic) bond motifs is 9. The molecule has 9 aromatic rings. The zero-order valence-electron chi connectivity index (χ0n) is 62.6. The van der Waals surface area contributed by atoms with E-state index in [4.69, 9.17) is 0 Å². The summed E-state index contributed by atoms with van der Waals surface area (Å²) in [6, 6.07) is 38.4. The Morgan fingerprint density at radius 3 is 1.01 bits per heavy atom. The molecule has 9 heterocycles. The molecule has 0 aliphatic carbocycles. The van der Waals surface area contributed by atoms with E-state index in [0.717, 1.165) is 61.2 Å². The van der Waals surface area contributed by atoms with Crippen molar-refractivity contribution in [1.29, 1.82) is 0 Å². The molecule has 570 valence electrons. The van der Waals surface area contributed by atoms with Crippen LogP contribution < -0.4 is 31.9 Å². The molecule has 6 aromatic carbocycles. The lowest BCUT2D eigenvalue weighted by Crippen LogP contribution is -2.52. The standard InChI is InChI=1S/2C28H30N4O5.C28H30N4O4/c2*1-15(2)11-22(30-24(33)21-12-17-16(3)7-6-10-19(17)29-21)25(34)32-14-28(13-23(32)26(35)36)18-8-4-5-9-20(18)31-27(28)37;1-16(2)11-24(30-25(34)23-12-19-17(3)7-6-10-21(19)29-23)26(35)32-15-28(13-18(32)14-33)20-8-4-5-9-22(20)31-27(28)36/h2*4-10,12,15,22-23,29H,11,13-14H2,1-3H3,(H,30,33)(H,31,37)(H,35,36);4-10,12,14,16,18,24,29H,11,13,15H2,1-3H3,(H,30,34)(H,31,36)/t2*22-,23-,28-;18-,24-,28-/m000/s1. The first-order valence-electron chi connectivity index (χ1n) is 37.2. The lowest BCUT2D eigenvalue weighted by Gasteiger charge is -2.29. The average molecular weight is 1490 g/mol. The number of aldehydes is 1. The largest absolute Gasteiger partial charge is 0.480 e. The number of hydrogen-bond acceptors (Lipinski definition) is 12. The monoisotopic (exact) mass is 1490 g/mol. The van der Waals surface area contributed by atoms with Crippen LogP contribution in [-0.2, 0) is 59.4 Å². The molecule has 3 spiro atoms. The second-order valence-corrected chi connectivity index (χ2v) is 31.3. The second-order valence-electron chi connectivity index (χ2n) is 31.3. The van der Waals surface area contributed by atoms with Crippen LogP contribution in [0, 0.1) is 38.5 Å². The van der Waals surface area contributed by atoms with Crippen molar-refractivity contribution in [3.8, 4) is 0 Å². The molecule has 0 bridgehead atoms. The van der Waals surface area contributed by atoms with Gasteiger partial charge in [0.2, 0.25) is 35.4 Å². The van der Waals surface area contributed by atoms with Gasteiger partial charge in [0.15, 0.2) is 0 Å². The Morgan fingerprint density at radius 2 is 0.718 bits per heavy atom. The van der Waals surface area contributed by atoms with Crippen LogP contribution in [0.3, 0.4) is 0 Å². The summed E-state index contributed by atoms with van der Waals surface area (Å²) < 4.78 is 0. The van der Waals surface area contributed by atoms with Crippen molar-refractivity contribution in [3.63, 3.8) is 0 Å². The van der Waals surface area contributed by atoms with Gasteiger partial charge in [-0.1, -0.05) is 133 Å². The number of nitrogens with zero attached hydrogens (tertiary/aromatic N) is 3. The van der Waals surface area contributed by atoms with Crippen molar-refractivity contribution in [1.82, 2.24) is 45.6 Å². The van der Waals surface area contributed by atoms with E-state index in [1.165, 1.54) is 14.7 Å². The molecule has 9 atom stereocenters. The van der Waals surface area contributed by atoms with E-state index in [-0.39, 0.29) is 86.2 Å². The van der Waals surface area contributed by atoms with Gasteiger partial charge < -0.3 is 76.6 Å². The van der Waals surface area contributed by atoms with Crippen LogP contribution in [0.25, 0.3) is 32.7 Å². The highest BCUT2D eigenvalue weighted by atomic mass is 16.4. The van der Waals surface area contributed by atoms with E-state index in [2.05, 4.69) is 46.9 Å². The minimum atomic E-state index is -1.19. The van der Waals surface area contributed by atoms with E-state index in [1.807, 2.05) is 141 Å². The Morgan fingerprint density at radius 1 is 0.427 bits per heavy atom. The Hall–Kier alpha value is -12.2. The summed E-state index contributed by atoms with van der Waals surface area (Å²) in [5.74, 6) is -5.60. The Kier molecular flexibility index (Phi) is 20.8. The first-order valence-corrected chi connectivity index (χ1v) is 37.2. The van der Waals surface area contributed by atoms with E-state index in [0.29, 0.717) is 64.5 Å². The fraction of sp³-hybridized carbons (Fsp3) is 0.357. The molecule has 6 aliphatic heterocycles. The highest BCUT2D eigenvalue weighted by molar-refractivity contribution is 6.11. The summed E-state index contributed by atoms with van der Waals surface area (Å²) in [4.78, 5) is 170. The maximum atomic E-state index is 13.9. The lowest BCUT2D eigenvalue weighted by molar-refractivity contribution is -0.149. The number of aryl methyl sites for hydroxylation is 3. The highest BCUT2D eigenvalue weighted by Gasteiger charge is 2.61. The number of aromatic amines is 3. The highest BCUT2D eigenvalue weighted by Crippen LogP contribution is 2.50. The Balaban J connectivity index is 0.000000145. The van der Waals surface area contributed by atoms with Crippen LogP contribution in [0.15, 0.2) is 146 Å². The molecule has 26 heteroatoms. The van der Waals surface area contributed by atoms with E-state index in [1.54, 1.807) is 66.7 Å². The molecular formula is C84H90N12O14. The van der Waals surface area contributed by atoms with Gasteiger partial charge in [-0.3, -0.25) is 43.2 Å². The van der Waals surface area contributed by atoms with Gasteiger partial charge in [-0.05, 0) is 165 Å². The van der Waals surface area contributed by atoms with Crippen LogP contribution in [0.4, 0.5) is 17.1 Å². The number of anilines is 3. The summed E-state index contributed by atoms with van der Waals surface area (Å²) in [6.45, 7) is 17.5. The van der Waals surface area contributed by atoms with E-state index < -0.39 is 88.1 Å². The van der Waals surface area contributed by atoms with Crippen LogP contribution in [0.5, 0.6) is 0 Å². The van der Waals surface area contributed by atoms with Gasteiger partial charge in [0.25, 0.3) is 17.7 Å². The van der Waals surface area contributed by atoms with Crippen LogP contribution in [0.1, 0.15) is 145 Å². The smallest absolute Gasteiger partial charge is 0.326 e. The second kappa shape index (κ2) is 30.1. The number of aromatic nitrogens is 3. The number of likely N-dealkylation sites (tertiary alicyclic amines) is 3. The van der Waals surface area contributed by atoms with E-state index >= 15 is 0 Å². The first kappa shape index (κ1) is 76.0. The van der Waals surface area contributed by atoms with Crippen molar-refractivity contribution in [2.75, 3.05) is 35.6 Å². The Labute approximate surface area is 634 Å². The molecule has 3 fully saturated rings. The van der Waals surface area contributed by atoms with Gasteiger partial charge in [0.05, 0.1) is 22.3 Å². The molecule has 11 N–H and O–H groups in total. The predicted octanol–water partition coefficient (Wildman–Crippen LogP) is 9.70. The topological polar surface area (TPSA) is 375 Å². The first-order chi connectivity index (χ1) is 52.4. The average Bonchev–Trinajstić information content (AvgIpc) is 1.58. The molecule has 110 heavy (non-hydrogen) atoms. The van der Waals surface area contributed by atoms with Gasteiger partial charge in [-0.15, -0.1) is 0 Å². The lowest BCUT2D eigenvalue weighted by atomic mass is 9.79. The molecule has 0 saturated carbocycles. The van der Waals surface area contributed by atoms with Gasteiger partial charge in [-0.25, -0.2) is 9.59 Å². The van der Waals surface area contributed by atoms with Crippen molar-refractivity contribution in [2.24, 2.45) is 17.8 Å². The minimum absolute atomic E-state index is 0.0272. The summed E-state index contributed by atoms with van der Waals surface area (Å²) >= 11 is 0. The number of carboxylic acid groups (broad SMARTS) is 2. The number of benzene rings is 6. The normalized spacial score (nSPS) is 21.4. The number of rotatable bonds is 18. The molecule has 15 rings (SSSR count). The zero-order chi connectivity index (χ0) is 78.6. The van der Waals surface area contributed by atoms with E-state index in [9.17, 15) is 67.7 Å². The fourth-order valence-corrected chi connectivity index (χ4v) is 16.9. The third-order valence-electron chi connectivity index (χ3n) is 22.4.